The maximum atomic E-state index is 13.4. The van der Waals surface area contributed by atoms with Gasteiger partial charge in [0.2, 0.25) is 0 Å². The Labute approximate surface area is 182 Å². The van der Waals surface area contributed by atoms with Gasteiger partial charge in [0, 0.05) is 22.8 Å². The normalized spacial score (nSPS) is 18.4. The fourth-order valence-electron chi connectivity index (χ4n) is 4.97. The van der Waals surface area contributed by atoms with E-state index >= 15 is 0 Å². The number of aryl methyl sites for hydroxylation is 1. The number of fused-ring (bicyclic) bond motifs is 3. The lowest BCUT2D eigenvalue weighted by molar-refractivity contribution is -0.126. The van der Waals surface area contributed by atoms with Crippen LogP contribution < -0.4 is 4.90 Å². The molecule has 0 fully saturated rings. The van der Waals surface area contributed by atoms with Crippen molar-refractivity contribution >= 4 is 28.5 Å². The molecule has 0 bridgehead atoms. The second-order valence-electron chi connectivity index (χ2n) is 8.57. The van der Waals surface area contributed by atoms with E-state index in [-0.39, 0.29) is 11.9 Å². The highest BCUT2D eigenvalue weighted by Gasteiger charge is 2.35. The Kier molecular flexibility index (Phi) is 4.97. The number of pyridine rings is 1. The molecule has 2 aromatic carbocycles. The zero-order chi connectivity index (χ0) is 21.5. The lowest BCUT2D eigenvalue weighted by atomic mass is 9.90. The molecule has 0 spiro atoms. The Morgan fingerprint density at radius 1 is 1.06 bits per heavy atom. The van der Waals surface area contributed by atoms with Crippen LogP contribution in [0.2, 0.25) is 0 Å². The lowest BCUT2D eigenvalue weighted by Gasteiger charge is -2.26. The van der Waals surface area contributed by atoms with Gasteiger partial charge < -0.3 is 9.64 Å². The van der Waals surface area contributed by atoms with Crippen LogP contribution in [0.4, 0.5) is 5.69 Å². The highest BCUT2D eigenvalue weighted by Crippen LogP contribution is 2.33. The molecule has 0 unspecified atom stereocenters. The fraction of sp³-hybridized carbons (Fsp3) is 0.346. The minimum absolute atomic E-state index is 0.0422. The van der Waals surface area contributed by atoms with E-state index in [1.165, 1.54) is 0 Å². The van der Waals surface area contributed by atoms with Crippen molar-refractivity contribution in [2.24, 2.45) is 0 Å². The van der Waals surface area contributed by atoms with Gasteiger partial charge in [0.05, 0.1) is 11.1 Å². The average molecular weight is 415 g/mol. The molecule has 158 valence electrons. The van der Waals surface area contributed by atoms with Gasteiger partial charge in [-0.1, -0.05) is 36.4 Å². The largest absolute Gasteiger partial charge is 0.449 e. The molecular weight excluding hydrogens is 388 g/mol. The van der Waals surface area contributed by atoms with Gasteiger partial charge in [-0.3, -0.25) is 9.78 Å². The highest BCUT2D eigenvalue weighted by atomic mass is 16.5. The predicted octanol–water partition coefficient (Wildman–Crippen LogP) is 4.64. The van der Waals surface area contributed by atoms with Crippen molar-refractivity contribution in [2.45, 2.75) is 58.1 Å². The Bertz CT molecular complexity index is 1190. The number of ether oxygens (including phenoxy) is 1. The number of rotatable bonds is 3. The van der Waals surface area contributed by atoms with E-state index in [2.05, 4.69) is 0 Å². The number of hydrogen-bond donors (Lipinski definition) is 0. The van der Waals surface area contributed by atoms with Gasteiger partial charge in [-0.2, -0.15) is 0 Å². The Balaban J connectivity index is 1.46. The summed E-state index contributed by atoms with van der Waals surface area (Å²) in [6, 6.07) is 15.6. The van der Waals surface area contributed by atoms with Gasteiger partial charge in [-0.05, 0) is 69.2 Å². The molecule has 1 amide bonds. The summed E-state index contributed by atoms with van der Waals surface area (Å²) in [5, 5.41) is 0.799. The molecule has 0 radical (unpaired) electrons. The number of para-hydroxylation sites is 2. The maximum absolute atomic E-state index is 13.4. The van der Waals surface area contributed by atoms with Gasteiger partial charge in [0.1, 0.15) is 0 Å². The molecular formula is C26H26N2O3. The van der Waals surface area contributed by atoms with Gasteiger partial charge >= 0.3 is 5.97 Å². The smallest absolute Gasteiger partial charge is 0.339 e. The second-order valence-corrected chi connectivity index (χ2v) is 8.57. The predicted molar refractivity (Wildman–Crippen MR) is 120 cm³/mol. The van der Waals surface area contributed by atoms with Crippen LogP contribution >= 0.6 is 0 Å². The van der Waals surface area contributed by atoms with Crippen molar-refractivity contribution in [1.82, 2.24) is 4.98 Å². The average Bonchev–Trinajstić information content (AvgIpc) is 3.12. The molecule has 2 aliphatic rings. The summed E-state index contributed by atoms with van der Waals surface area (Å²) >= 11 is 0. The third kappa shape index (κ3) is 3.38. The number of nitrogens with zero attached hydrogens (tertiary/aromatic N) is 2. The number of carbonyl (C=O) groups excluding carboxylic acids is 2. The summed E-state index contributed by atoms with van der Waals surface area (Å²) in [5.74, 6) is -0.615. The molecule has 31 heavy (non-hydrogen) atoms. The first kappa shape index (κ1) is 19.7. The summed E-state index contributed by atoms with van der Waals surface area (Å²) < 4.78 is 5.79. The number of anilines is 1. The summed E-state index contributed by atoms with van der Waals surface area (Å²) in [5.41, 5.74) is 5.41. The summed E-state index contributed by atoms with van der Waals surface area (Å²) in [6.07, 6.45) is 3.74. The first-order valence-corrected chi connectivity index (χ1v) is 11.1. The van der Waals surface area contributed by atoms with E-state index < -0.39 is 12.1 Å². The van der Waals surface area contributed by atoms with Crippen LogP contribution in [-0.2, 0) is 28.8 Å². The summed E-state index contributed by atoms with van der Waals surface area (Å²) in [6.45, 7) is 3.70. The molecule has 5 rings (SSSR count). The van der Waals surface area contributed by atoms with Gasteiger partial charge in [-0.25, -0.2) is 4.79 Å². The maximum Gasteiger partial charge on any atom is 0.339 e. The van der Waals surface area contributed by atoms with E-state index in [9.17, 15) is 9.59 Å². The monoisotopic (exact) mass is 414 g/mol. The van der Waals surface area contributed by atoms with E-state index in [0.717, 1.165) is 65.5 Å². The van der Waals surface area contributed by atoms with Gasteiger partial charge in [0.25, 0.3) is 5.91 Å². The van der Waals surface area contributed by atoms with Crippen molar-refractivity contribution in [1.29, 1.82) is 0 Å². The molecule has 0 saturated heterocycles. The molecule has 5 nitrogen and oxygen atoms in total. The number of benzene rings is 2. The standard InChI is InChI=1S/C26H26N2O3/c1-16-15-18-9-3-8-14-23(18)28(16)25(29)17(2)31-26(30)24-19-10-4-6-12-21(19)27-22-13-7-5-11-20(22)24/h3-4,6,8-10,12,14,16-17H,5,7,11,13,15H2,1-2H3/t16-,17-/m0/s1. The molecule has 1 aliphatic heterocycles. The number of hydrogen-bond acceptors (Lipinski definition) is 4. The number of amides is 1. The summed E-state index contributed by atoms with van der Waals surface area (Å²) in [4.78, 5) is 33.2. The highest BCUT2D eigenvalue weighted by molar-refractivity contribution is 6.07. The zero-order valence-electron chi connectivity index (χ0n) is 17.9. The van der Waals surface area contributed by atoms with Crippen molar-refractivity contribution in [2.75, 3.05) is 4.90 Å². The molecule has 5 heteroatoms. The van der Waals surface area contributed by atoms with Crippen molar-refractivity contribution in [3.8, 4) is 0 Å². The van der Waals surface area contributed by atoms with Crippen LogP contribution in [0.3, 0.4) is 0 Å². The van der Waals surface area contributed by atoms with Gasteiger partial charge in [-0.15, -0.1) is 0 Å². The fourth-order valence-corrected chi connectivity index (χ4v) is 4.97. The third-order valence-corrected chi connectivity index (χ3v) is 6.45. The van der Waals surface area contributed by atoms with Crippen molar-refractivity contribution in [3.05, 3.63) is 70.9 Å². The molecule has 1 aromatic heterocycles. The third-order valence-electron chi connectivity index (χ3n) is 6.45. The molecule has 2 heterocycles. The zero-order valence-corrected chi connectivity index (χ0v) is 17.9. The van der Waals surface area contributed by atoms with Crippen molar-refractivity contribution < 1.29 is 14.3 Å². The van der Waals surface area contributed by atoms with E-state index in [1.807, 2.05) is 55.5 Å². The second kappa shape index (κ2) is 7.80. The minimum atomic E-state index is -0.868. The summed E-state index contributed by atoms with van der Waals surface area (Å²) in [7, 11) is 0. The first-order valence-electron chi connectivity index (χ1n) is 11.1. The first-order chi connectivity index (χ1) is 15.0. The van der Waals surface area contributed by atoms with Crippen LogP contribution in [0.1, 0.15) is 53.9 Å². The number of aromatic nitrogens is 1. The lowest BCUT2D eigenvalue weighted by Crippen LogP contribution is -2.43. The Hall–Kier alpha value is -3.21. The number of esters is 1. The van der Waals surface area contributed by atoms with Crippen molar-refractivity contribution in [3.63, 3.8) is 0 Å². The quantitative estimate of drug-likeness (QED) is 0.586. The molecule has 1 aliphatic carbocycles. The molecule has 0 N–H and O–H groups in total. The molecule has 2 atom stereocenters. The topological polar surface area (TPSA) is 59.5 Å². The van der Waals surface area contributed by atoms with E-state index in [0.29, 0.717) is 5.56 Å². The molecule has 0 saturated carbocycles. The SMILES string of the molecule is C[C@H](OC(=O)c1c2c(nc3ccccc13)CCCC2)C(=O)N1c2ccccc2C[C@@H]1C. The number of carbonyl (C=O) groups is 2. The Morgan fingerprint density at radius 2 is 1.81 bits per heavy atom. The van der Waals surface area contributed by atoms with Gasteiger partial charge in [0.15, 0.2) is 6.10 Å². The minimum Gasteiger partial charge on any atom is -0.449 e. The van der Waals surface area contributed by atoms with Crippen LogP contribution in [0, 0.1) is 0 Å². The van der Waals surface area contributed by atoms with Crippen LogP contribution in [0.15, 0.2) is 48.5 Å². The van der Waals surface area contributed by atoms with Crippen LogP contribution in [0.25, 0.3) is 10.9 Å². The Morgan fingerprint density at radius 3 is 2.68 bits per heavy atom. The van der Waals surface area contributed by atoms with E-state index in [4.69, 9.17) is 9.72 Å². The van der Waals surface area contributed by atoms with Crippen LogP contribution in [-0.4, -0.2) is 29.0 Å². The van der Waals surface area contributed by atoms with E-state index in [1.54, 1.807) is 11.8 Å². The van der Waals surface area contributed by atoms with Crippen LogP contribution in [0.5, 0.6) is 0 Å². The molecule has 3 aromatic rings.